The molecule has 7 heteroatoms. The van der Waals surface area contributed by atoms with Crippen LogP contribution in [0.5, 0.6) is 0 Å². The molecule has 1 amide bonds. The first kappa shape index (κ1) is 22.9. The number of para-hydroxylation sites is 1. The van der Waals surface area contributed by atoms with Crippen molar-refractivity contribution in [3.63, 3.8) is 0 Å². The van der Waals surface area contributed by atoms with Crippen LogP contribution in [0.3, 0.4) is 0 Å². The maximum atomic E-state index is 13.1. The van der Waals surface area contributed by atoms with Gasteiger partial charge in [-0.2, -0.15) is 5.10 Å². The summed E-state index contributed by atoms with van der Waals surface area (Å²) in [7, 11) is 0. The van der Waals surface area contributed by atoms with Crippen molar-refractivity contribution in [2.45, 2.75) is 46.3 Å². The van der Waals surface area contributed by atoms with Crippen molar-refractivity contribution >= 4 is 17.7 Å². The Labute approximate surface area is 187 Å². The molecule has 0 bridgehead atoms. The molecule has 0 aliphatic carbocycles. The van der Waals surface area contributed by atoms with Crippen LogP contribution in [0.25, 0.3) is 5.69 Å². The van der Waals surface area contributed by atoms with Gasteiger partial charge in [-0.1, -0.05) is 48.5 Å². The van der Waals surface area contributed by atoms with Gasteiger partial charge < -0.3 is 10.1 Å². The molecule has 0 aliphatic rings. The first-order valence-corrected chi connectivity index (χ1v) is 10.5. The molecule has 1 aromatic heterocycles. The summed E-state index contributed by atoms with van der Waals surface area (Å²) in [5, 5.41) is 7.16. The van der Waals surface area contributed by atoms with Crippen LogP contribution in [0.15, 0.2) is 60.7 Å². The zero-order valence-electron chi connectivity index (χ0n) is 18.7. The second-order valence-corrected chi connectivity index (χ2v) is 7.80. The first-order valence-electron chi connectivity index (χ1n) is 10.5. The molecule has 32 heavy (non-hydrogen) atoms. The number of nitrogens with one attached hydrogen (secondary N) is 1. The SMILES string of the molecule is Cc1nn(-c2ccccc2)c(C)c1C(=O)C(=O)NC(CC(=O)OC(C)C)c1ccccc1. The van der Waals surface area contributed by atoms with Crippen LogP contribution in [0.1, 0.15) is 53.6 Å². The number of Topliss-reactive ketones (excluding diaryl/α,β-unsaturated/α-hetero) is 1. The Morgan fingerprint density at radius 1 is 0.969 bits per heavy atom. The molecule has 0 spiro atoms. The molecule has 1 N–H and O–H groups in total. The molecule has 1 unspecified atom stereocenters. The van der Waals surface area contributed by atoms with Gasteiger partial charge in [-0.3, -0.25) is 14.4 Å². The highest BCUT2D eigenvalue weighted by Gasteiger charge is 2.28. The summed E-state index contributed by atoms with van der Waals surface area (Å²) in [6, 6.07) is 17.7. The number of aromatic nitrogens is 2. The molecule has 0 saturated carbocycles. The summed E-state index contributed by atoms with van der Waals surface area (Å²) in [6.45, 7) is 6.96. The van der Waals surface area contributed by atoms with Gasteiger partial charge in [0.25, 0.3) is 11.7 Å². The summed E-state index contributed by atoms with van der Waals surface area (Å²) in [5.41, 5.74) is 2.79. The lowest BCUT2D eigenvalue weighted by atomic mass is 10.0. The molecule has 0 radical (unpaired) electrons. The normalized spacial score (nSPS) is 11.8. The van der Waals surface area contributed by atoms with E-state index in [1.54, 1.807) is 44.5 Å². The Morgan fingerprint density at radius 2 is 1.56 bits per heavy atom. The van der Waals surface area contributed by atoms with Gasteiger partial charge >= 0.3 is 5.97 Å². The Hall–Kier alpha value is -3.74. The number of benzene rings is 2. The summed E-state index contributed by atoms with van der Waals surface area (Å²) in [6.07, 6.45) is -0.354. The van der Waals surface area contributed by atoms with Gasteiger partial charge in [-0.15, -0.1) is 0 Å². The van der Waals surface area contributed by atoms with E-state index in [9.17, 15) is 14.4 Å². The zero-order chi connectivity index (χ0) is 23.3. The minimum absolute atomic E-state index is 0.0809. The van der Waals surface area contributed by atoms with Gasteiger partial charge in [0, 0.05) is 0 Å². The van der Waals surface area contributed by atoms with E-state index >= 15 is 0 Å². The molecular formula is C25H27N3O4. The fraction of sp³-hybridized carbons (Fsp3) is 0.280. The third-order valence-corrected chi connectivity index (χ3v) is 4.97. The summed E-state index contributed by atoms with van der Waals surface area (Å²) >= 11 is 0. The smallest absolute Gasteiger partial charge is 0.308 e. The molecule has 7 nitrogen and oxygen atoms in total. The molecule has 0 saturated heterocycles. The topological polar surface area (TPSA) is 90.3 Å². The van der Waals surface area contributed by atoms with E-state index in [1.165, 1.54) is 0 Å². The maximum Gasteiger partial charge on any atom is 0.308 e. The van der Waals surface area contributed by atoms with Crippen LogP contribution in [0, 0.1) is 13.8 Å². The van der Waals surface area contributed by atoms with Crippen molar-refractivity contribution in [1.29, 1.82) is 0 Å². The van der Waals surface area contributed by atoms with E-state index in [4.69, 9.17) is 4.74 Å². The monoisotopic (exact) mass is 433 g/mol. The zero-order valence-corrected chi connectivity index (χ0v) is 18.7. The van der Waals surface area contributed by atoms with Crippen molar-refractivity contribution < 1.29 is 19.1 Å². The van der Waals surface area contributed by atoms with Crippen LogP contribution in [0.2, 0.25) is 0 Å². The first-order chi connectivity index (χ1) is 15.3. The number of carbonyl (C=O) groups is 3. The predicted molar refractivity (Wildman–Crippen MR) is 121 cm³/mol. The van der Waals surface area contributed by atoms with E-state index in [1.807, 2.05) is 48.5 Å². The van der Waals surface area contributed by atoms with Gasteiger partial charge in [-0.25, -0.2) is 4.68 Å². The molecule has 2 aromatic carbocycles. The fourth-order valence-electron chi connectivity index (χ4n) is 3.54. The lowest BCUT2D eigenvalue weighted by molar-refractivity contribution is -0.148. The lowest BCUT2D eigenvalue weighted by Crippen LogP contribution is -2.36. The van der Waals surface area contributed by atoms with E-state index < -0.39 is 23.7 Å². The number of hydrogen-bond donors (Lipinski definition) is 1. The maximum absolute atomic E-state index is 13.1. The van der Waals surface area contributed by atoms with Crippen LogP contribution in [0.4, 0.5) is 0 Å². The van der Waals surface area contributed by atoms with Crippen molar-refractivity contribution in [3.8, 4) is 5.69 Å². The summed E-state index contributed by atoms with van der Waals surface area (Å²) < 4.78 is 6.87. The molecule has 1 heterocycles. The fourth-order valence-corrected chi connectivity index (χ4v) is 3.54. The largest absolute Gasteiger partial charge is 0.463 e. The minimum Gasteiger partial charge on any atom is -0.463 e. The Morgan fingerprint density at radius 3 is 2.16 bits per heavy atom. The molecule has 3 rings (SSSR count). The van der Waals surface area contributed by atoms with Gasteiger partial charge in [0.05, 0.1) is 41.2 Å². The number of nitrogens with zero attached hydrogens (tertiary/aromatic N) is 2. The quantitative estimate of drug-likeness (QED) is 0.331. The van der Waals surface area contributed by atoms with Crippen molar-refractivity contribution in [1.82, 2.24) is 15.1 Å². The Bertz CT molecular complexity index is 1100. The molecular weight excluding hydrogens is 406 g/mol. The number of aryl methyl sites for hydroxylation is 1. The molecule has 0 aliphatic heterocycles. The molecule has 1 atom stereocenters. The number of esters is 1. The standard InChI is InChI=1S/C25H27N3O4/c1-16(2)32-22(29)15-21(19-11-7-5-8-12-19)26-25(31)24(30)23-17(3)27-28(18(23)4)20-13-9-6-10-14-20/h5-14,16,21H,15H2,1-4H3,(H,26,31). The van der Waals surface area contributed by atoms with Crippen LogP contribution in [-0.2, 0) is 14.3 Å². The van der Waals surface area contributed by atoms with Crippen LogP contribution < -0.4 is 5.32 Å². The van der Waals surface area contributed by atoms with E-state index in [0.29, 0.717) is 17.0 Å². The van der Waals surface area contributed by atoms with Gasteiger partial charge in [-0.05, 0) is 45.4 Å². The number of amides is 1. The second kappa shape index (κ2) is 10.0. The van der Waals surface area contributed by atoms with E-state index in [0.717, 1.165) is 5.69 Å². The third kappa shape index (κ3) is 5.29. The molecule has 0 fully saturated rings. The predicted octanol–water partition coefficient (Wildman–Crippen LogP) is 3.87. The minimum atomic E-state index is -0.796. The van der Waals surface area contributed by atoms with Crippen molar-refractivity contribution in [2.24, 2.45) is 0 Å². The van der Waals surface area contributed by atoms with Gasteiger partial charge in [0.15, 0.2) is 0 Å². The number of hydrogen-bond acceptors (Lipinski definition) is 5. The Balaban J connectivity index is 1.84. The van der Waals surface area contributed by atoms with E-state index in [2.05, 4.69) is 10.4 Å². The third-order valence-electron chi connectivity index (χ3n) is 4.97. The summed E-state index contributed by atoms with van der Waals surface area (Å²) in [5.74, 6) is -1.94. The van der Waals surface area contributed by atoms with E-state index in [-0.39, 0.29) is 18.1 Å². The average Bonchev–Trinajstić information content (AvgIpc) is 3.07. The average molecular weight is 434 g/mol. The molecule has 166 valence electrons. The van der Waals surface area contributed by atoms with Crippen LogP contribution in [-0.4, -0.2) is 33.5 Å². The number of ether oxygens (including phenoxy) is 1. The molecule has 3 aromatic rings. The Kier molecular flexibility index (Phi) is 7.20. The van der Waals surface area contributed by atoms with Gasteiger partial charge in [0.2, 0.25) is 0 Å². The second-order valence-electron chi connectivity index (χ2n) is 7.80. The van der Waals surface area contributed by atoms with Gasteiger partial charge in [0.1, 0.15) is 0 Å². The number of carbonyl (C=O) groups excluding carboxylic acids is 3. The number of rotatable bonds is 8. The number of ketones is 1. The lowest BCUT2D eigenvalue weighted by Gasteiger charge is -2.19. The highest BCUT2D eigenvalue weighted by Crippen LogP contribution is 2.21. The van der Waals surface area contributed by atoms with Crippen molar-refractivity contribution in [2.75, 3.05) is 0 Å². The van der Waals surface area contributed by atoms with Crippen molar-refractivity contribution in [3.05, 3.63) is 83.2 Å². The highest BCUT2D eigenvalue weighted by atomic mass is 16.5. The highest BCUT2D eigenvalue weighted by molar-refractivity contribution is 6.43. The van der Waals surface area contributed by atoms with Crippen LogP contribution >= 0.6 is 0 Å². The summed E-state index contributed by atoms with van der Waals surface area (Å²) in [4.78, 5) is 38.3.